The summed E-state index contributed by atoms with van der Waals surface area (Å²) in [4.78, 5) is 11.5. The van der Waals surface area contributed by atoms with Crippen LogP contribution in [0.15, 0.2) is 18.2 Å². The molecule has 1 aromatic carbocycles. The second-order valence-corrected chi connectivity index (χ2v) is 5.21. The van der Waals surface area contributed by atoms with Gasteiger partial charge in [-0.05, 0) is 38.0 Å². The lowest BCUT2D eigenvalue weighted by Gasteiger charge is -2.24. The molecule has 98 valence electrons. The summed E-state index contributed by atoms with van der Waals surface area (Å²) >= 11 is 0. The molecule has 0 aromatic heterocycles. The number of hydrogen-bond acceptors (Lipinski definition) is 4. The highest BCUT2D eigenvalue weighted by Gasteiger charge is 2.42. The number of benzene rings is 1. The van der Waals surface area contributed by atoms with Crippen LogP contribution >= 0.6 is 0 Å². The van der Waals surface area contributed by atoms with Crippen molar-refractivity contribution in [3.05, 3.63) is 18.2 Å². The molecule has 0 bridgehead atoms. The van der Waals surface area contributed by atoms with Gasteiger partial charge in [-0.1, -0.05) is 0 Å². The molecule has 1 fully saturated rings. The van der Waals surface area contributed by atoms with Crippen molar-refractivity contribution in [2.24, 2.45) is 5.41 Å². The summed E-state index contributed by atoms with van der Waals surface area (Å²) in [6.07, 6.45) is 1.46. The zero-order valence-electron chi connectivity index (χ0n) is 10.7. The van der Waals surface area contributed by atoms with E-state index >= 15 is 0 Å². The normalized spacial score (nSPS) is 22.5. The van der Waals surface area contributed by atoms with Crippen LogP contribution in [0.2, 0.25) is 0 Å². The van der Waals surface area contributed by atoms with E-state index in [0.29, 0.717) is 18.0 Å². The van der Waals surface area contributed by atoms with Crippen LogP contribution < -0.4 is 15.4 Å². The third-order valence-corrected chi connectivity index (χ3v) is 3.63. The highest BCUT2D eigenvalue weighted by Crippen LogP contribution is 2.45. The molecule has 1 heterocycles. The van der Waals surface area contributed by atoms with Crippen molar-refractivity contribution in [2.75, 3.05) is 17.2 Å². The third kappa shape index (κ3) is 2.22. The van der Waals surface area contributed by atoms with Crippen molar-refractivity contribution in [1.29, 1.82) is 5.26 Å². The minimum absolute atomic E-state index is 0.139. The van der Waals surface area contributed by atoms with E-state index in [1.165, 1.54) is 0 Å². The van der Waals surface area contributed by atoms with Gasteiger partial charge in [0.15, 0.2) is 6.10 Å². The van der Waals surface area contributed by atoms with Gasteiger partial charge in [0.1, 0.15) is 5.75 Å². The molecule has 1 aliphatic heterocycles. The maximum atomic E-state index is 11.5. The summed E-state index contributed by atoms with van der Waals surface area (Å²) in [5, 5.41) is 15.1. The standard InChI is InChI=1S/C14H15N3O2/c1-9-13(18)17-11-6-10(2-3-12(11)19-9)16-8-14(7-15)4-5-14/h2-3,6,9,16H,4-5,8H2,1H3,(H,17,18). The monoisotopic (exact) mass is 257 g/mol. The van der Waals surface area contributed by atoms with Crippen molar-refractivity contribution >= 4 is 17.3 Å². The van der Waals surface area contributed by atoms with Crippen molar-refractivity contribution < 1.29 is 9.53 Å². The summed E-state index contributed by atoms with van der Waals surface area (Å²) in [6, 6.07) is 7.91. The molecule has 1 aliphatic carbocycles. The van der Waals surface area contributed by atoms with Crippen molar-refractivity contribution in [3.8, 4) is 11.8 Å². The number of amides is 1. The van der Waals surface area contributed by atoms with Crippen LogP contribution in [0.5, 0.6) is 5.75 Å². The second-order valence-electron chi connectivity index (χ2n) is 5.21. The molecule has 19 heavy (non-hydrogen) atoms. The summed E-state index contributed by atoms with van der Waals surface area (Å²) in [6.45, 7) is 2.36. The molecule has 1 unspecified atom stereocenters. The molecular formula is C14H15N3O2. The Morgan fingerprint density at radius 1 is 1.58 bits per heavy atom. The lowest BCUT2D eigenvalue weighted by atomic mass is 10.1. The predicted octanol–water partition coefficient (Wildman–Crippen LogP) is 2.12. The number of carbonyl (C=O) groups excluding carboxylic acids is 1. The van der Waals surface area contributed by atoms with Gasteiger partial charge in [0, 0.05) is 12.2 Å². The van der Waals surface area contributed by atoms with E-state index in [1.54, 1.807) is 6.92 Å². The number of rotatable bonds is 3. The number of nitrogens with one attached hydrogen (secondary N) is 2. The van der Waals surface area contributed by atoms with Gasteiger partial charge < -0.3 is 15.4 Å². The van der Waals surface area contributed by atoms with Crippen LogP contribution in [0.1, 0.15) is 19.8 Å². The zero-order chi connectivity index (χ0) is 13.5. The van der Waals surface area contributed by atoms with Crippen molar-refractivity contribution in [3.63, 3.8) is 0 Å². The number of anilines is 2. The number of ether oxygens (including phenoxy) is 1. The first-order valence-corrected chi connectivity index (χ1v) is 6.39. The van der Waals surface area contributed by atoms with E-state index in [4.69, 9.17) is 10.00 Å². The molecule has 1 saturated carbocycles. The first kappa shape index (κ1) is 11.8. The highest BCUT2D eigenvalue weighted by atomic mass is 16.5. The molecule has 1 aromatic rings. The summed E-state index contributed by atoms with van der Waals surface area (Å²) < 4.78 is 5.49. The third-order valence-electron chi connectivity index (χ3n) is 3.63. The van der Waals surface area contributed by atoms with E-state index < -0.39 is 6.10 Å². The van der Waals surface area contributed by atoms with Crippen LogP contribution in [-0.4, -0.2) is 18.6 Å². The van der Waals surface area contributed by atoms with Crippen molar-refractivity contribution in [1.82, 2.24) is 0 Å². The number of nitrogens with zero attached hydrogens (tertiary/aromatic N) is 1. The highest BCUT2D eigenvalue weighted by molar-refractivity contribution is 5.98. The lowest BCUT2D eigenvalue weighted by molar-refractivity contribution is -0.122. The Hall–Kier alpha value is -2.22. The van der Waals surface area contributed by atoms with Gasteiger partial charge in [0.25, 0.3) is 5.91 Å². The Morgan fingerprint density at radius 2 is 2.37 bits per heavy atom. The van der Waals surface area contributed by atoms with E-state index in [2.05, 4.69) is 16.7 Å². The quantitative estimate of drug-likeness (QED) is 0.869. The van der Waals surface area contributed by atoms with E-state index in [-0.39, 0.29) is 11.3 Å². The fraction of sp³-hybridized carbons (Fsp3) is 0.429. The maximum Gasteiger partial charge on any atom is 0.265 e. The zero-order valence-corrected chi connectivity index (χ0v) is 10.7. The van der Waals surface area contributed by atoms with Crippen LogP contribution in [0.3, 0.4) is 0 Å². The SMILES string of the molecule is CC1Oc2ccc(NCC3(C#N)CC3)cc2NC1=O. The van der Waals surface area contributed by atoms with Gasteiger partial charge in [-0.3, -0.25) is 4.79 Å². The van der Waals surface area contributed by atoms with Gasteiger partial charge >= 0.3 is 0 Å². The van der Waals surface area contributed by atoms with Crippen LogP contribution in [-0.2, 0) is 4.79 Å². The molecule has 5 nitrogen and oxygen atoms in total. The number of carbonyl (C=O) groups is 1. The maximum absolute atomic E-state index is 11.5. The van der Waals surface area contributed by atoms with Gasteiger partial charge in [-0.25, -0.2) is 0 Å². The van der Waals surface area contributed by atoms with Crippen LogP contribution in [0.25, 0.3) is 0 Å². The molecule has 2 N–H and O–H groups in total. The largest absolute Gasteiger partial charge is 0.479 e. The fourth-order valence-corrected chi connectivity index (χ4v) is 2.07. The Balaban J connectivity index is 1.73. The molecule has 3 rings (SSSR count). The smallest absolute Gasteiger partial charge is 0.265 e. The first-order valence-electron chi connectivity index (χ1n) is 6.39. The molecular weight excluding hydrogens is 242 g/mol. The summed E-state index contributed by atoms with van der Waals surface area (Å²) in [5.41, 5.74) is 1.37. The average Bonchev–Trinajstić information content (AvgIpc) is 3.18. The van der Waals surface area contributed by atoms with Gasteiger partial charge in [-0.2, -0.15) is 5.26 Å². The molecule has 2 aliphatic rings. The van der Waals surface area contributed by atoms with Crippen molar-refractivity contribution in [2.45, 2.75) is 25.9 Å². The number of fused-ring (bicyclic) bond motifs is 1. The van der Waals surface area contributed by atoms with Crippen LogP contribution in [0.4, 0.5) is 11.4 Å². The Kier molecular flexibility index (Phi) is 2.59. The van der Waals surface area contributed by atoms with Gasteiger partial charge in [0.05, 0.1) is 17.2 Å². The van der Waals surface area contributed by atoms with E-state index in [1.807, 2.05) is 18.2 Å². The molecule has 0 radical (unpaired) electrons. The lowest BCUT2D eigenvalue weighted by Crippen LogP contribution is -2.34. The molecule has 1 atom stereocenters. The topological polar surface area (TPSA) is 74.2 Å². The average molecular weight is 257 g/mol. The second kappa shape index (κ2) is 4.16. The predicted molar refractivity (Wildman–Crippen MR) is 70.9 cm³/mol. The van der Waals surface area contributed by atoms with Crippen LogP contribution in [0, 0.1) is 16.7 Å². The summed E-state index contributed by atoms with van der Waals surface area (Å²) in [5.74, 6) is 0.541. The molecule has 5 heteroatoms. The molecule has 0 saturated heterocycles. The Bertz CT molecular complexity index is 573. The molecule has 0 spiro atoms. The molecule has 1 amide bonds. The number of nitriles is 1. The Morgan fingerprint density at radius 3 is 3.05 bits per heavy atom. The van der Waals surface area contributed by atoms with Gasteiger partial charge in [0.2, 0.25) is 0 Å². The number of hydrogen-bond donors (Lipinski definition) is 2. The summed E-state index contributed by atoms with van der Waals surface area (Å²) in [7, 11) is 0. The van der Waals surface area contributed by atoms with E-state index in [0.717, 1.165) is 18.5 Å². The minimum atomic E-state index is -0.459. The van der Waals surface area contributed by atoms with E-state index in [9.17, 15) is 4.79 Å². The fourth-order valence-electron chi connectivity index (χ4n) is 2.07. The Labute approximate surface area is 111 Å². The first-order chi connectivity index (χ1) is 9.12. The minimum Gasteiger partial charge on any atom is -0.479 e. The van der Waals surface area contributed by atoms with Gasteiger partial charge in [-0.15, -0.1) is 0 Å².